The van der Waals surface area contributed by atoms with Crippen LogP contribution in [0.1, 0.15) is 0 Å². The van der Waals surface area contributed by atoms with Crippen LogP contribution in [0.15, 0.2) is 91.0 Å². The summed E-state index contributed by atoms with van der Waals surface area (Å²) in [4.78, 5) is 11.9. The Bertz CT molecular complexity index is 769. The third-order valence-electron chi connectivity index (χ3n) is 4.02. The second-order valence-electron chi connectivity index (χ2n) is 5.67. The summed E-state index contributed by atoms with van der Waals surface area (Å²) in [5, 5.41) is 0. The average Bonchev–Trinajstić information content (AvgIpc) is 2.67. The minimum atomic E-state index is -5.06. The molecule has 0 amide bonds. The Labute approximate surface area is 151 Å². The Morgan fingerprint density at radius 2 is 0.962 bits per heavy atom. The molecular formula is C20H15F3GeO2. The van der Waals surface area contributed by atoms with E-state index in [1.54, 1.807) is 91.0 Å². The van der Waals surface area contributed by atoms with Gasteiger partial charge in [0.2, 0.25) is 0 Å². The molecule has 0 unspecified atom stereocenters. The van der Waals surface area contributed by atoms with E-state index in [1.807, 2.05) is 0 Å². The van der Waals surface area contributed by atoms with Crippen molar-refractivity contribution in [1.29, 1.82) is 0 Å². The molecule has 3 rings (SSSR count). The standard InChI is InChI=1S/C20H15F3GeO2/c21-20(22,23)19(25)26-24(16-10-4-1-5-11-16,17-12-6-2-7-13-17)18-14-8-3-9-15-18/h1-15H. The second kappa shape index (κ2) is 7.37. The Kier molecular flexibility index (Phi) is 5.18. The molecule has 0 aliphatic carbocycles. The maximum absolute atomic E-state index is 13.1. The monoisotopic (exact) mass is 418 g/mol. The molecular weight excluding hydrogens is 402 g/mol. The van der Waals surface area contributed by atoms with Crippen LogP contribution < -0.4 is 13.2 Å². The molecule has 0 fully saturated rings. The molecule has 0 radical (unpaired) electrons. The molecule has 132 valence electrons. The molecule has 0 bridgehead atoms. The topological polar surface area (TPSA) is 26.3 Å². The number of hydrogen-bond donors (Lipinski definition) is 0. The summed E-state index contributed by atoms with van der Waals surface area (Å²) in [7, 11) is 0. The van der Waals surface area contributed by atoms with Gasteiger partial charge in [-0.1, -0.05) is 0 Å². The molecule has 0 aliphatic heterocycles. The molecule has 0 atom stereocenters. The van der Waals surface area contributed by atoms with Crippen LogP contribution in [0.4, 0.5) is 13.2 Å². The summed E-state index contributed by atoms with van der Waals surface area (Å²) in [6.07, 6.45) is -5.06. The fourth-order valence-electron chi connectivity index (χ4n) is 2.89. The predicted octanol–water partition coefficient (Wildman–Crippen LogP) is 2.76. The zero-order valence-electron chi connectivity index (χ0n) is 13.6. The van der Waals surface area contributed by atoms with Gasteiger partial charge in [-0.15, -0.1) is 0 Å². The number of rotatable bonds is 4. The number of carbonyl (C=O) groups is 1. The average molecular weight is 417 g/mol. The van der Waals surface area contributed by atoms with E-state index in [-0.39, 0.29) is 0 Å². The first kappa shape index (κ1) is 18.3. The molecule has 0 aliphatic rings. The van der Waals surface area contributed by atoms with Gasteiger partial charge in [-0.2, -0.15) is 0 Å². The van der Waals surface area contributed by atoms with Crippen LogP contribution in [-0.4, -0.2) is 25.7 Å². The summed E-state index contributed by atoms with van der Waals surface area (Å²) in [5.41, 5.74) is 0. The number of halogens is 3. The molecule has 0 spiro atoms. The zero-order valence-corrected chi connectivity index (χ0v) is 15.7. The van der Waals surface area contributed by atoms with Crippen LogP contribution in [0, 0.1) is 0 Å². The Morgan fingerprint density at radius 3 is 1.23 bits per heavy atom. The minimum absolute atomic E-state index is 0.613. The van der Waals surface area contributed by atoms with Crippen LogP contribution in [0.5, 0.6) is 0 Å². The van der Waals surface area contributed by atoms with Crippen molar-refractivity contribution in [3.63, 3.8) is 0 Å². The summed E-state index contributed by atoms with van der Waals surface area (Å²) in [6, 6.07) is 26.1. The van der Waals surface area contributed by atoms with Gasteiger partial charge in [-0.05, 0) is 0 Å². The molecule has 3 aromatic rings. The number of carbonyl (C=O) groups excluding carboxylic acids is 1. The van der Waals surface area contributed by atoms with E-state index in [0.29, 0.717) is 13.2 Å². The SMILES string of the molecule is O=C([O][Ge]([c]1ccccc1)([c]1ccccc1)[c]1ccccc1)C(F)(F)F. The maximum atomic E-state index is 13.1. The van der Waals surface area contributed by atoms with E-state index in [4.69, 9.17) is 3.76 Å². The third-order valence-corrected chi connectivity index (χ3v) is 12.3. The van der Waals surface area contributed by atoms with Crippen molar-refractivity contribution in [1.82, 2.24) is 0 Å². The van der Waals surface area contributed by atoms with E-state index in [2.05, 4.69) is 0 Å². The first-order chi connectivity index (χ1) is 12.4. The van der Waals surface area contributed by atoms with Crippen LogP contribution in [-0.2, 0) is 8.56 Å². The van der Waals surface area contributed by atoms with Gasteiger partial charge < -0.3 is 0 Å². The fourth-order valence-corrected chi connectivity index (χ4v) is 10.7. The van der Waals surface area contributed by atoms with E-state index in [1.165, 1.54) is 0 Å². The van der Waals surface area contributed by atoms with Crippen LogP contribution >= 0.6 is 0 Å². The van der Waals surface area contributed by atoms with Crippen molar-refractivity contribution in [3.8, 4) is 0 Å². The van der Waals surface area contributed by atoms with Crippen molar-refractivity contribution in [2.75, 3.05) is 0 Å². The van der Waals surface area contributed by atoms with E-state index >= 15 is 0 Å². The van der Waals surface area contributed by atoms with Crippen molar-refractivity contribution >= 4 is 32.8 Å². The van der Waals surface area contributed by atoms with Gasteiger partial charge in [-0.3, -0.25) is 0 Å². The first-order valence-electron chi connectivity index (χ1n) is 7.91. The fraction of sp³-hybridized carbons (Fsp3) is 0.0500. The predicted molar refractivity (Wildman–Crippen MR) is 96.1 cm³/mol. The Balaban J connectivity index is 2.30. The van der Waals surface area contributed by atoms with Crippen molar-refractivity contribution in [3.05, 3.63) is 91.0 Å². The van der Waals surface area contributed by atoms with Crippen LogP contribution in [0.2, 0.25) is 0 Å². The van der Waals surface area contributed by atoms with E-state index in [0.717, 1.165) is 0 Å². The molecule has 2 nitrogen and oxygen atoms in total. The summed E-state index contributed by atoms with van der Waals surface area (Å²) in [6.45, 7) is 0. The zero-order chi connectivity index (χ0) is 18.6. The van der Waals surface area contributed by atoms with Gasteiger partial charge in [0.15, 0.2) is 0 Å². The molecule has 0 saturated carbocycles. The molecule has 0 N–H and O–H groups in total. The van der Waals surface area contributed by atoms with Gasteiger partial charge in [0, 0.05) is 0 Å². The molecule has 0 saturated heterocycles. The summed E-state index contributed by atoms with van der Waals surface area (Å²) < 4.78 is 46.5. The molecule has 26 heavy (non-hydrogen) atoms. The van der Waals surface area contributed by atoms with Crippen molar-refractivity contribution in [2.24, 2.45) is 0 Å². The Hall–Kier alpha value is -2.54. The van der Waals surface area contributed by atoms with Crippen molar-refractivity contribution in [2.45, 2.75) is 6.18 Å². The Morgan fingerprint density at radius 1 is 0.654 bits per heavy atom. The van der Waals surface area contributed by atoms with Gasteiger partial charge in [-0.25, -0.2) is 0 Å². The third kappa shape index (κ3) is 3.53. The normalized spacial score (nSPS) is 11.8. The quantitative estimate of drug-likeness (QED) is 0.611. The summed E-state index contributed by atoms with van der Waals surface area (Å²) >= 11 is -4.35. The molecule has 3 aromatic carbocycles. The molecule has 0 heterocycles. The van der Waals surface area contributed by atoms with Crippen LogP contribution in [0.3, 0.4) is 0 Å². The molecule has 6 heteroatoms. The van der Waals surface area contributed by atoms with Crippen molar-refractivity contribution < 1.29 is 21.7 Å². The van der Waals surface area contributed by atoms with E-state index < -0.39 is 25.7 Å². The van der Waals surface area contributed by atoms with Gasteiger partial charge >= 0.3 is 152 Å². The van der Waals surface area contributed by atoms with Gasteiger partial charge in [0.1, 0.15) is 0 Å². The number of benzene rings is 3. The van der Waals surface area contributed by atoms with Crippen LogP contribution in [0.25, 0.3) is 0 Å². The van der Waals surface area contributed by atoms with E-state index in [9.17, 15) is 18.0 Å². The second-order valence-corrected chi connectivity index (χ2v) is 12.6. The van der Waals surface area contributed by atoms with Gasteiger partial charge in [0.05, 0.1) is 0 Å². The molecule has 0 aromatic heterocycles. The first-order valence-corrected chi connectivity index (χ1v) is 11.9. The van der Waals surface area contributed by atoms with Gasteiger partial charge in [0.25, 0.3) is 0 Å². The summed E-state index contributed by atoms with van der Waals surface area (Å²) in [5.74, 6) is -2.16. The number of alkyl halides is 3. The number of hydrogen-bond acceptors (Lipinski definition) is 2.